The average Bonchev–Trinajstić information content (AvgIpc) is 2.65. The second-order valence-electron chi connectivity index (χ2n) is 5.45. The van der Waals surface area contributed by atoms with E-state index in [1.807, 2.05) is 0 Å². The van der Waals surface area contributed by atoms with Gasteiger partial charge in [0.25, 0.3) is 0 Å². The molecule has 0 aliphatic rings. The number of sulfonamides is 2. The zero-order valence-electron chi connectivity index (χ0n) is 14.2. The standard InChI is InChI=1S/C16H16N2O8S2/c19-15(20)11-1-5-13(6-2-11)27(23,24)17-9-10-18-28(25,26)14-7-3-12(4-8-14)16(21)22/h1-8,17-18H,9-10H2,(H,19,20)(H,21,22). The van der Waals surface area contributed by atoms with E-state index in [0.29, 0.717) is 0 Å². The van der Waals surface area contributed by atoms with Crippen LogP contribution in [-0.2, 0) is 20.0 Å². The van der Waals surface area contributed by atoms with Crippen molar-refractivity contribution < 1.29 is 36.6 Å². The predicted octanol–water partition coefficient (Wildman–Crippen LogP) is 0.340. The lowest BCUT2D eigenvalue weighted by Gasteiger charge is -2.09. The summed E-state index contributed by atoms with van der Waals surface area (Å²) in [4.78, 5) is 21.2. The van der Waals surface area contributed by atoms with Gasteiger partial charge in [0.05, 0.1) is 20.9 Å². The number of aromatic carboxylic acids is 2. The highest BCUT2D eigenvalue weighted by Gasteiger charge is 2.17. The molecule has 0 fully saturated rings. The summed E-state index contributed by atoms with van der Waals surface area (Å²) in [6, 6.07) is 9.06. The molecule has 0 saturated carbocycles. The van der Waals surface area contributed by atoms with Crippen LogP contribution in [0.4, 0.5) is 0 Å². The van der Waals surface area contributed by atoms with Crippen molar-refractivity contribution in [1.29, 1.82) is 0 Å². The quantitative estimate of drug-likeness (QED) is 0.415. The largest absolute Gasteiger partial charge is 0.478 e. The Bertz CT molecular complexity index is 987. The second-order valence-corrected chi connectivity index (χ2v) is 8.99. The zero-order chi connectivity index (χ0) is 20.9. The Morgan fingerprint density at radius 3 is 1.18 bits per heavy atom. The van der Waals surface area contributed by atoms with Crippen molar-refractivity contribution in [3.8, 4) is 0 Å². The molecule has 2 aromatic rings. The van der Waals surface area contributed by atoms with Crippen molar-refractivity contribution in [3.63, 3.8) is 0 Å². The molecule has 0 aliphatic heterocycles. The van der Waals surface area contributed by atoms with E-state index >= 15 is 0 Å². The molecule has 0 unspecified atom stereocenters. The van der Waals surface area contributed by atoms with Gasteiger partial charge in [-0.25, -0.2) is 35.9 Å². The summed E-state index contributed by atoms with van der Waals surface area (Å²) in [6.07, 6.45) is 0. The van der Waals surface area contributed by atoms with Crippen LogP contribution in [0.3, 0.4) is 0 Å². The predicted molar refractivity (Wildman–Crippen MR) is 97.2 cm³/mol. The van der Waals surface area contributed by atoms with E-state index in [1.165, 1.54) is 0 Å². The Kier molecular flexibility index (Phi) is 6.51. The van der Waals surface area contributed by atoms with Crippen LogP contribution in [0.1, 0.15) is 20.7 Å². The fraction of sp³-hybridized carbons (Fsp3) is 0.125. The first-order valence-electron chi connectivity index (χ1n) is 7.69. The van der Waals surface area contributed by atoms with Crippen LogP contribution in [0.5, 0.6) is 0 Å². The van der Waals surface area contributed by atoms with Crippen molar-refractivity contribution in [2.45, 2.75) is 9.79 Å². The lowest BCUT2D eigenvalue weighted by atomic mass is 10.2. The number of carboxylic acid groups (broad SMARTS) is 2. The number of carbonyl (C=O) groups is 2. The molecule has 0 amide bonds. The molecule has 0 spiro atoms. The minimum absolute atomic E-state index is 0.0689. The SMILES string of the molecule is O=C(O)c1ccc(S(=O)(=O)NCCNS(=O)(=O)c2ccc(C(=O)O)cc2)cc1. The van der Waals surface area contributed by atoms with Gasteiger partial charge in [-0.2, -0.15) is 0 Å². The molecule has 10 nitrogen and oxygen atoms in total. The topological polar surface area (TPSA) is 167 Å². The van der Waals surface area contributed by atoms with Crippen molar-refractivity contribution in [2.75, 3.05) is 13.1 Å². The molecular formula is C16H16N2O8S2. The number of rotatable bonds is 9. The van der Waals surface area contributed by atoms with Crippen LogP contribution in [0.15, 0.2) is 58.3 Å². The molecule has 0 atom stereocenters. The molecule has 0 aromatic heterocycles. The van der Waals surface area contributed by atoms with E-state index < -0.39 is 32.0 Å². The van der Waals surface area contributed by atoms with E-state index in [2.05, 4.69) is 9.44 Å². The lowest BCUT2D eigenvalue weighted by molar-refractivity contribution is 0.0686. The maximum atomic E-state index is 12.1. The van der Waals surface area contributed by atoms with Gasteiger partial charge in [-0.3, -0.25) is 0 Å². The summed E-state index contributed by atoms with van der Waals surface area (Å²) < 4.78 is 52.9. The highest BCUT2D eigenvalue weighted by molar-refractivity contribution is 7.89. The maximum absolute atomic E-state index is 12.1. The van der Waals surface area contributed by atoms with Gasteiger partial charge in [-0.05, 0) is 48.5 Å². The molecule has 28 heavy (non-hydrogen) atoms. The number of hydrogen-bond donors (Lipinski definition) is 4. The minimum Gasteiger partial charge on any atom is -0.478 e. The molecule has 12 heteroatoms. The third-order valence-corrected chi connectivity index (χ3v) is 6.49. The van der Waals surface area contributed by atoms with Gasteiger partial charge >= 0.3 is 11.9 Å². The van der Waals surface area contributed by atoms with Crippen molar-refractivity contribution in [3.05, 3.63) is 59.7 Å². The van der Waals surface area contributed by atoms with Gasteiger partial charge in [0, 0.05) is 13.1 Å². The summed E-state index contributed by atoms with van der Waals surface area (Å²) in [5, 5.41) is 17.6. The third kappa shape index (κ3) is 5.36. The van der Waals surface area contributed by atoms with Crippen molar-refractivity contribution in [1.82, 2.24) is 9.44 Å². The molecule has 0 bridgehead atoms. The summed E-state index contributed by atoms with van der Waals surface area (Å²) >= 11 is 0. The summed E-state index contributed by atoms with van der Waals surface area (Å²) in [5.74, 6) is -2.38. The monoisotopic (exact) mass is 428 g/mol. The van der Waals surface area contributed by atoms with Crippen LogP contribution < -0.4 is 9.44 Å². The van der Waals surface area contributed by atoms with Gasteiger partial charge in [-0.1, -0.05) is 0 Å². The van der Waals surface area contributed by atoms with Crippen molar-refractivity contribution >= 4 is 32.0 Å². The van der Waals surface area contributed by atoms with E-state index in [4.69, 9.17) is 10.2 Å². The first-order chi connectivity index (χ1) is 13.0. The first-order valence-corrected chi connectivity index (χ1v) is 10.7. The van der Waals surface area contributed by atoms with Gasteiger partial charge < -0.3 is 10.2 Å². The number of carboxylic acids is 2. The maximum Gasteiger partial charge on any atom is 0.335 e. The van der Waals surface area contributed by atoms with Gasteiger partial charge in [0.2, 0.25) is 20.0 Å². The Labute approximate surface area is 160 Å². The lowest BCUT2D eigenvalue weighted by Crippen LogP contribution is -2.34. The van der Waals surface area contributed by atoms with Crippen LogP contribution in [0, 0.1) is 0 Å². The van der Waals surface area contributed by atoms with Crippen molar-refractivity contribution in [2.24, 2.45) is 0 Å². The third-order valence-electron chi connectivity index (χ3n) is 3.53. The van der Waals surface area contributed by atoms with Crippen LogP contribution in [-0.4, -0.2) is 52.1 Å². The molecule has 0 heterocycles. The smallest absolute Gasteiger partial charge is 0.335 e. The second kappa shape index (κ2) is 8.48. The highest BCUT2D eigenvalue weighted by atomic mass is 32.2. The molecule has 0 radical (unpaired) electrons. The molecular weight excluding hydrogens is 412 g/mol. The highest BCUT2D eigenvalue weighted by Crippen LogP contribution is 2.11. The average molecular weight is 428 g/mol. The molecule has 0 saturated heterocycles. The summed E-state index contributed by atoms with van der Waals surface area (Å²) in [6.45, 7) is -0.509. The molecule has 4 N–H and O–H groups in total. The number of hydrogen-bond acceptors (Lipinski definition) is 6. The van der Waals surface area contributed by atoms with E-state index in [9.17, 15) is 26.4 Å². The normalized spacial score (nSPS) is 11.9. The van der Waals surface area contributed by atoms with Crippen LogP contribution >= 0.6 is 0 Å². The summed E-state index contributed by atoms with van der Waals surface area (Å²) in [5.41, 5.74) is -0.138. The zero-order valence-corrected chi connectivity index (χ0v) is 15.8. The molecule has 0 aliphatic carbocycles. The fourth-order valence-corrected chi connectivity index (χ4v) is 4.15. The molecule has 2 rings (SSSR count). The Morgan fingerprint density at radius 2 is 0.929 bits per heavy atom. The minimum atomic E-state index is -3.94. The van der Waals surface area contributed by atoms with Gasteiger partial charge in [0.15, 0.2) is 0 Å². The fourth-order valence-electron chi connectivity index (χ4n) is 2.09. The van der Waals surface area contributed by atoms with E-state index in [0.717, 1.165) is 48.5 Å². The van der Waals surface area contributed by atoms with E-state index in [1.54, 1.807) is 0 Å². The number of benzene rings is 2. The summed E-state index contributed by atoms with van der Waals surface area (Å²) in [7, 11) is -7.89. The number of nitrogens with one attached hydrogen (secondary N) is 2. The molecule has 150 valence electrons. The van der Waals surface area contributed by atoms with Gasteiger partial charge in [-0.15, -0.1) is 0 Å². The van der Waals surface area contributed by atoms with Crippen LogP contribution in [0.2, 0.25) is 0 Å². The van der Waals surface area contributed by atoms with Gasteiger partial charge in [0.1, 0.15) is 0 Å². The van der Waals surface area contributed by atoms with E-state index in [-0.39, 0.29) is 34.0 Å². The Balaban J connectivity index is 1.95. The molecule has 2 aromatic carbocycles. The Hall–Kier alpha value is -2.80. The Morgan fingerprint density at radius 1 is 0.643 bits per heavy atom. The first kappa shape index (κ1) is 21.5. The van der Waals surface area contributed by atoms with Crippen LogP contribution in [0.25, 0.3) is 0 Å².